The Kier molecular flexibility index (Phi) is 6.88. The van der Waals surface area contributed by atoms with Gasteiger partial charge in [-0.25, -0.2) is 0 Å². The summed E-state index contributed by atoms with van der Waals surface area (Å²) >= 11 is 0. The summed E-state index contributed by atoms with van der Waals surface area (Å²) in [7, 11) is 0. The minimum absolute atomic E-state index is 0.00411. The fraction of sp³-hybridized carbons (Fsp3) is 0.391. The van der Waals surface area contributed by atoms with Crippen molar-refractivity contribution in [3.63, 3.8) is 0 Å². The molecular formula is C23H22F6N2O2. The van der Waals surface area contributed by atoms with Gasteiger partial charge in [-0.2, -0.15) is 26.3 Å². The zero-order valence-corrected chi connectivity index (χ0v) is 17.6. The number of carbonyl (C=O) groups excluding carboxylic acids is 1. The van der Waals surface area contributed by atoms with Crippen molar-refractivity contribution in [1.82, 2.24) is 5.32 Å². The number of benzene rings is 2. The summed E-state index contributed by atoms with van der Waals surface area (Å²) in [6.45, 7) is 1.40. The molecule has 0 unspecified atom stereocenters. The second-order valence-corrected chi connectivity index (χ2v) is 8.20. The molecule has 0 bridgehead atoms. The first-order chi connectivity index (χ1) is 15.4. The standard InChI is InChI=1S/C23H22F6N2O2/c1-14(15-7-18(22(24,25)26)9-19(8-15)23(27,28)29)33-12-21(17-5-3-2-4-6-17)10-16(11-21)20(32)31-13-30/h2-9,13-14,16H,10-12H2,1H3,(H2,30,31,32)/t14-,16-,21+/m1/s1. The molecule has 178 valence electrons. The van der Waals surface area contributed by atoms with E-state index in [0.29, 0.717) is 25.0 Å². The van der Waals surface area contributed by atoms with E-state index in [9.17, 15) is 31.1 Å². The van der Waals surface area contributed by atoms with Gasteiger partial charge in [0.2, 0.25) is 5.91 Å². The number of nitrogens with one attached hydrogen (secondary N) is 2. The lowest BCUT2D eigenvalue weighted by atomic mass is 9.58. The highest BCUT2D eigenvalue weighted by Crippen LogP contribution is 2.49. The van der Waals surface area contributed by atoms with E-state index >= 15 is 0 Å². The molecule has 4 nitrogen and oxygen atoms in total. The molecule has 0 aliphatic heterocycles. The molecule has 1 atom stereocenters. The Hall–Kier alpha value is -2.88. The van der Waals surface area contributed by atoms with Crippen molar-refractivity contribution in [3.05, 3.63) is 70.8 Å². The minimum Gasteiger partial charge on any atom is -0.373 e. The fourth-order valence-corrected chi connectivity index (χ4v) is 4.08. The maximum absolute atomic E-state index is 13.2. The molecule has 0 heterocycles. The molecule has 10 heteroatoms. The topological polar surface area (TPSA) is 62.2 Å². The first-order valence-electron chi connectivity index (χ1n) is 10.1. The summed E-state index contributed by atoms with van der Waals surface area (Å²) in [6.07, 6.45) is -9.40. The van der Waals surface area contributed by atoms with Crippen LogP contribution in [0.5, 0.6) is 0 Å². The molecule has 1 fully saturated rings. The van der Waals surface area contributed by atoms with Gasteiger partial charge in [-0.15, -0.1) is 0 Å². The summed E-state index contributed by atoms with van der Waals surface area (Å²) in [5.41, 5.74) is -2.79. The molecule has 0 saturated heterocycles. The van der Waals surface area contributed by atoms with Crippen LogP contribution in [-0.2, 0) is 27.3 Å². The number of alkyl halides is 6. The summed E-state index contributed by atoms with van der Waals surface area (Å²) in [6, 6.07) is 10.5. The number of rotatable bonds is 7. The molecule has 2 N–H and O–H groups in total. The Balaban J connectivity index is 1.83. The van der Waals surface area contributed by atoms with E-state index in [2.05, 4.69) is 5.32 Å². The smallest absolute Gasteiger partial charge is 0.373 e. The molecule has 0 radical (unpaired) electrons. The van der Waals surface area contributed by atoms with Gasteiger partial charge in [-0.1, -0.05) is 30.3 Å². The molecule has 1 aliphatic carbocycles. The van der Waals surface area contributed by atoms with E-state index in [1.807, 2.05) is 12.1 Å². The first kappa shape index (κ1) is 24.8. The summed E-state index contributed by atoms with van der Waals surface area (Å²) in [4.78, 5) is 12.1. The summed E-state index contributed by atoms with van der Waals surface area (Å²) in [5.74, 6) is -0.701. The molecule has 2 aromatic carbocycles. The number of halogens is 6. The van der Waals surface area contributed by atoms with Gasteiger partial charge in [0.25, 0.3) is 0 Å². The molecule has 33 heavy (non-hydrogen) atoms. The van der Waals surface area contributed by atoms with Gasteiger partial charge in [0.1, 0.15) is 0 Å². The van der Waals surface area contributed by atoms with E-state index in [-0.39, 0.29) is 30.1 Å². The van der Waals surface area contributed by atoms with Gasteiger partial charge in [0.05, 0.1) is 30.2 Å². The number of carbonyl (C=O) groups is 1. The minimum atomic E-state index is -4.94. The van der Waals surface area contributed by atoms with Gasteiger partial charge in [-0.3, -0.25) is 10.2 Å². The van der Waals surface area contributed by atoms with Crippen LogP contribution in [-0.4, -0.2) is 18.9 Å². The lowest BCUT2D eigenvalue weighted by Gasteiger charge is -2.47. The van der Waals surface area contributed by atoms with Crippen molar-refractivity contribution >= 4 is 12.2 Å². The highest BCUT2D eigenvalue weighted by atomic mass is 19.4. The largest absolute Gasteiger partial charge is 0.416 e. The predicted molar refractivity (Wildman–Crippen MR) is 109 cm³/mol. The molecule has 1 saturated carbocycles. The fourth-order valence-electron chi connectivity index (χ4n) is 4.08. The van der Waals surface area contributed by atoms with Crippen LogP contribution in [0.25, 0.3) is 0 Å². The zero-order valence-electron chi connectivity index (χ0n) is 17.6. The van der Waals surface area contributed by atoms with Gasteiger partial charge < -0.3 is 10.1 Å². The first-order valence-corrected chi connectivity index (χ1v) is 10.1. The zero-order chi connectivity index (χ0) is 24.4. The van der Waals surface area contributed by atoms with Crippen molar-refractivity contribution in [2.75, 3.05) is 6.61 Å². The van der Waals surface area contributed by atoms with E-state index in [0.717, 1.165) is 11.9 Å². The molecule has 1 amide bonds. The Labute approximate surface area is 186 Å². The van der Waals surface area contributed by atoms with E-state index in [1.165, 1.54) is 6.92 Å². The van der Waals surface area contributed by atoms with Crippen LogP contribution >= 0.6 is 0 Å². The van der Waals surface area contributed by atoms with Crippen molar-refractivity contribution in [1.29, 1.82) is 5.41 Å². The number of hydrogen-bond acceptors (Lipinski definition) is 3. The molecule has 0 spiro atoms. The molecule has 2 aromatic rings. The van der Waals surface area contributed by atoms with Gasteiger partial charge in [-0.05, 0) is 49.1 Å². The van der Waals surface area contributed by atoms with Gasteiger partial charge in [0.15, 0.2) is 0 Å². The highest BCUT2D eigenvalue weighted by molar-refractivity contribution is 5.89. The number of ether oxygens (including phenoxy) is 1. The third-order valence-corrected chi connectivity index (χ3v) is 5.93. The summed E-state index contributed by atoms with van der Waals surface area (Å²) in [5, 5.41) is 9.32. The van der Waals surface area contributed by atoms with E-state index in [1.54, 1.807) is 18.2 Å². The van der Waals surface area contributed by atoms with Crippen LogP contribution in [0.3, 0.4) is 0 Å². The van der Waals surface area contributed by atoms with Crippen molar-refractivity contribution in [2.24, 2.45) is 5.92 Å². The Bertz CT molecular complexity index is 966. The van der Waals surface area contributed by atoms with E-state index in [4.69, 9.17) is 10.1 Å². The van der Waals surface area contributed by atoms with Crippen molar-refractivity contribution < 1.29 is 35.9 Å². The Morgan fingerprint density at radius 1 is 1.09 bits per heavy atom. The number of amides is 1. The van der Waals surface area contributed by atoms with Crippen LogP contribution in [0.2, 0.25) is 0 Å². The lowest BCUT2D eigenvalue weighted by Crippen LogP contribution is -2.50. The van der Waals surface area contributed by atoms with Crippen LogP contribution in [0.15, 0.2) is 48.5 Å². The van der Waals surface area contributed by atoms with E-state index < -0.39 is 35.0 Å². The average molecular weight is 472 g/mol. The quantitative estimate of drug-likeness (QED) is 0.301. The Morgan fingerprint density at radius 2 is 1.64 bits per heavy atom. The second-order valence-electron chi connectivity index (χ2n) is 8.20. The SMILES string of the molecule is C[C@@H](OC[C@]1(c2ccccc2)C[C@@H](C(=O)NC=N)C1)c1cc(C(F)(F)F)cc(C(F)(F)F)c1. The van der Waals surface area contributed by atoms with Gasteiger partial charge >= 0.3 is 12.4 Å². The highest BCUT2D eigenvalue weighted by Gasteiger charge is 2.49. The molecule has 1 aliphatic rings. The maximum Gasteiger partial charge on any atom is 0.416 e. The lowest BCUT2D eigenvalue weighted by molar-refractivity contribution is -0.143. The predicted octanol–water partition coefficient (Wildman–Crippen LogP) is 5.87. The molecular weight excluding hydrogens is 450 g/mol. The van der Waals surface area contributed by atoms with Crippen LogP contribution in [0.1, 0.15) is 48.1 Å². The van der Waals surface area contributed by atoms with Crippen LogP contribution in [0.4, 0.5) is 26.3 Å². The maximum atomic E-state index is 13.2. The van der Waals surface area contributed by atoms with Crippen molar-refractivity contribution in [3.8, 4) is 0 Å². The third kappa shape index (κ3) is 5.55. The van der Waals surface area contributed by atoms with Crippen molar-refractivity contribution in [2.45, 2.75) is 43.6 Å². The Morgan fingerprint density at radius 3 is 2.12 bits per heavy atom. The molecule has 0 aromatic heterocycles. The van der Waals surface area contributed by atoms with Gasteiger partial charge in [0, 0.05) is 11.3 Å². The second kappa shape index (κ2) is 9.17. The number of hydrogen-bond donors (Lipinski definition) is 2. The molecule has 3 rings (SSSR count). The average Bonchev–Trinajstić information content (AvgIpc) is 2.72. The third-order valence-electron chi connectivity index (χ3n) is 5.93. The summed E-state index contributed by atoms with van der Waals surface area (Å²) < 4.78 is 84.9. The normalized spacial score (nSPS) is 21.7. The van der Waals surface area contributed by atoms with Crippen LogP contribution < -0.4 is 5.32 Å². The van der Waals surface area contributed by atoms with Crippen LogP contribution in [0, 0.1) is 11.3 Å². The monoisotopic (exact) mass is 472 g/mol.